The van der Waals surface area contributed by atoms with Crippen molar-refractivity contribution in [3.63, 3.8) is 0 Å². The molecule has 2 rings (SSSR count). The predicted octanol–water partition coefficient (Wildman–Crippen LogP) is 3.36. The number of rotatable bonds is 8. The van der Waals surface area contributed by atoms with Crippen LogP contribution in [0.5, 0.6) is 11.5 Å². The van der Waals surface area contributed by atoms with Gasteiger partial charge in [-0.3, -0.25) is 20.4 Å². The number of ether oxygens (including phenoxy) is 2. The number of hydrogen-bond acceptors (Lipinski definition) is 5. The number of hydrogen-bond donors (Lipinski definition) is 2. The van der Waals surface area contributed by atoms with Crippen LogP contribution in [0.4, 0.5) is 0 Å². The van der Waals surface area contributed by atoms with Crippen molar-refractivity contribution >= 4 is 29.7 Å². The van der Waals surface area contributed by atoms with Crippen molar-refractivity contribution in [2.24, 2.45) is 0 Å². The standard InChI is InChI=1S/C21H24N2O4S/c1-4-5-16-8-11-18(19(12-16)26-3)27-13-20(24)22-23-21(25)14-28-17-9-6-15(2)7-10-17/h4-12H,13-14H2,1-3H3,(H,22,24)(H,23,25)/b5-4+. The molecule has 28 heavy (non-hydrogen) atoms. The van der Waals surface area contributed by atoms with Gasteiger partial charge < -0.3 is 9.47 Å². The molecule has 0 saturated heterocycles. The first-order chi connectivity index (χ1) is 13.5. The van der Waals surface area contributed by atoms with E-state index >= 15 is 0 Å². The number of thioether (sulfide) groups is 1. The molecule has 0 heterocycles. The first-order valence-corrected chi connectivity index (χ1v) is 9.71. The van der Waals surface area contributed by atoms with Gasteiger partial charge in [-0.1, -0.05) is 35.9 Å². The molecule has 0 aliphatic rings. The van der Waals surface area contributed by atoms with Gasteiger partial charge >= 0.3 is 0 Å². The average molecular weight is 401 g/mol. The van der Waals surface area contributed by atoms with Crippen LogP contribution >= 0.6 is 11.8 Å². The number of aryl methyl sites for hydroxylation is 1. The molecule has 2 aromatic rings. The number of carbonyl (C=O) groups is 2. The molecule has 2 aromatic carbocycles. The summed E-state index contributed by atoms with van der Waals surface area (Å²) in [7, 11) is 1.54. The van der Waals surface area contributed by atoms with Gasteiger partial charge in [0.05, 0.1) is 12.9 Å². The minimum atomic E-state index is -0.465. The fourth-order valence-corrected chi connectivity index (χ4v) is 2.94. The van der Waals surface area contributed by atoms with Gasteiger partial charge in [0, 0.05) is 4.90 Å². The molecule has 0 saturated carbocycles. The molecular formula is C21H24N2O4S. The number of benzene rings is 2. The van der Waals surface area contributed by atoms with Crippen molar-refractivity contribution in [3.05, 3.63) is 59.7 Å². The van der Waals surface area contributed by atoms with Gasteiger partial charge in [-0.2, -0.15) is 0 Å². The molecule has 2 N–H and O–H groups in total. The summed E-state index contributed by atoms with van der Waals surface area (Å²) in [6, 6.07) is 13.3. The van der Waals surface area contributed by atoms with Gasteiger partial charge in [0.2, 0.25) is 5.91 Å². The number of amides is 2. The minimum absolute atomic E-state index is 0.199. The van der Waals surface area contributed by atoms with E-state index < -0.39 is 5.91 Å². The SMILES string of the molecule is C/C=C/c1ccc(OCC(=O)NNC(=O)CSc2ccc(C)cc2)c(OC)c1. The molecule has 0 aromatic heterocycles. The highest BCUT2D eigenvalue weighted by atomic mass is 32.2. The molecule has 148 valence electrons. The van der Waals surface area contributed by atoms with Gasteiger partial charge in [0.15, 0.2) is 18.1 Å². The van der Waals surface area contributed by atoms with E-state index in [1.165, 1.54) is 18.9 Å². The second-order valence-corrected chi connectivity index (χ2v) is 6.95. The monoisotopic (exact) mass is 400 g/mol. The van der Waals surface area contributed by atoms with Gasteiger partial charge in [0.1, 0.15) is 0 Å². The molecule has 0 aliphatic carbocycles. The summed E-state index contributed by atoms with van der Waals surface area (Å²) in [4.78, 5) is 24.7. The first kappa shape index (κ1) is 21.4. The highest BCUT2D eigenvalue weighted by molar-refractivity contribution is 8.00. The Hall–Kier alpha value is -2.93. The van der Waals surface area contributed by atoms with Crippen molar-refractivity contribution in [1.82, 2.24) is 10.9 Å². The third-order valence-corrected chi connectivity index (χ3v) is 4.65. The number of hydrazine groups is 1. The van der Waals surface area contributed by atoms with Crippen molar-refractivity contribution < 1.29 is 19.1 Å². The maximum atomic E-state index is 11.9. The maximum absolute atomic E-state index is 11.9. The second-order valence-electron chi connectivity index (χ2n) is 5.90. The van der Waals surface area contributed by atoms with E-state index in [4.69, 9.17) is 9.47 Å². The lowest BCUT2D eigenvalue weighted by molar-refractivity contribution is -0.128. The zero-order valence-corrected chi connectivity index (χ0v) is 17.0. The molecule has 0 atom stereocenters. The van der Waals surface area contributed by atoms with Crippen LogP contribution in [0.3, 0.4) is 0 Å². The summed E-state index contributed by atoms with van der Waals surface area (Å²) >= 11 is 1.39. The van der Waals surface area contributed by atoms with Crippen LogP contribution in [0.25, 0.3) is 6.08 Å². The summed E-state index contributed by atoms with van der Waals surface area (Å²) in [6.07, 6.45) is 3.85. The number of nitrogens with one attached hydrogen (secondary N) is 2. The van der Waals surface area contributed by atoms with E-state index in [-0.39, 0.29) is 18.3 Å². The third kappa shape index (κ3) is 7.00. The zero-order valence-electron chi connectivity index (χ0n) is 16.2. The topological polar surface area (TPSA) is 76.7 Å². The Morgan fingerprint density at radius 1 is 1.04 bits per heavy atom. The quantitative estimate of drug-likeness (QED) is 0.525. The molecule has 7 heteroatoms. The Morgan fingerprint density at radius 3 is 2.43 bits per heavy atom. The molecule has 0 unspecified atom stereocenters. The predicted molar refractivity (Wildman–Crippen MR) is 111 cm³/mol. The molecule has 0 radical (unpaired) electrons. The van der Waals surface area contributed by atoms with Crippen LogP contribution in [0.2, 0.25) is 0 Å². The van der Waals surface area contributed by atoms with Crippen LogP contribution in [-0.2, 0) is 9.59 Å². The summed E-state index contributed by atoms with van der Waals surface area (Å²) < 4.78 is 10.8. The van der Waals surface area contributed by atoms with Crippen LogP contribution < -0.4 is 20.3 Å². The molecule has 2 amide bonds. The number of methoxy groups -OCH3 is 1. The van der Waals surface area contributed by atoms with Crippen molar-refractivity contribution in [2.45, 2.75) is 18.7 Å². The molecule has 6 nitrogen and oxygen atoms in total. The third-order valence-electron chi connectivity index (χ3n) is 3.64. The Kier molecular flexibility index (Phi) is 8.42. The summed E-state index contributed by atoms with van der Waals surface area (Å²) in [5, 5.41) is 0. The van der Waals surface area contributed by atoms with Crippen molar-refractivity contribution in [2.75, 3.05) is 19.5 Å². The highest BCUT2D eigenvalue weighted by Gasteiger charge is 2.09. The lowest BCUT2D eigenvalue weighted by Gasteiger charge is -2.12. The molecule has 0 spiro atoms. The number of allylic oxidation sites excluding steroid dienone is 1. The Labute approximate surface area is 169 Å². The van der Waals surface area contributed by atoms with Crippen LogP contribution in [0.1, 0.15) is 18.1 Å². The first-order valence-electron chi connectivity index (χ1n) is 8.72. The van der Waals surface area contributed by atoms with E-state index in [0.717, 1.165) is 16.0 Å². The van der Waals surface area contributed by atoms with Crippen LogP contribution in [0.15, 0.2) is 53.4 Å². The fraction of sp³-hybridized carbons (Fsp3) is 0.238. The van der Waals surface area contributed by atoms with Gasteiger partial charge in [0.25, 0.3) is 5.91 Å². The number of carbonyl (C=O) groups excluding carboxylic acids is 2. The molecule has 0 fully saturated rings. The lowest BCUT2D eigenvalue weighted by atomic mass is 10.2. The van der Waals surface area contributed by atoms with Crippen molar-refractivity contribution in [1.29, 1.82) is 0 Å². The maximum Gasteiger partial charge on any atom is 0.276 e. The summed E-state index contributed by atoms with van der Waals surface area (Å²) in [5.74, 6) is 0.416. The summed E-state index contributed by atoms with van der Waals surface area (Å²) in [6.45, 7) is 3.68. The van der Waals surface area contributed by atoms with Crippen LogP contribution in [0, 0.1) is 6.92 Å². The van der Waals surface area contributed by atoms with E-state index in [0.29, 0.717) is 11.5 Å². The molecule has 0 aliphatic heterocycles. The normalized spacial score (nSPS) is 10.5. The van der Waals surface area contributed by atoms with Crippen LogP contribution in [-0.4, -0.2) is 31.3 Å². The Morgan fingerprint density at radius 2 is 1.75 bits per heavy atom. The van der Waals surface area contributed by atoms with E-state index in [9.17, 15) is 9.59 Å². The zero-order chi connectivity index (χ0) is 20.4. The van der Waals surface area contributed by atoms with Gasteiger partial charge in [-0.15, -0.1) is 11.8 Å². The Bertz CT molecular complexity index is 835. The highest BCUT2D eigenvalue weighted by Crippen LogP contribution is 2.28. The van der Waals surface area contributed by atoms with E-state index in [1.807, 2.05) is 62.4 Å². The van der Waals surface area contributed by atoms with Gasteiger partial charge in [-0.25, -0.2) is 0 Å². The molecular weight excluding hydrogens is 376 g/mol. The van der Waals surface area contributed by atoms with E-state index in [2.05, 4.69) is 10.9 Å². The van der Waals surface area contributed by atoms with E-state index in [1.54, 1.807) is 6.07 Å². The molecule has 0 bridgehead atoms. The largest absolute Gasteiger partial charge is 0.493 e. The average Bonchev–Trinajstić information content (AvgIpc) is 2.71. The smallest absolute Gasteiger partial charge is 0.276 e. The van der Waals surface area contributed by atoms with Gasteiger partial charge in [-0.05, 0) is 43.7 Å². The summed E-state index contributed by atoms with van der Waals surface area (Å²) in [5.41, 5.74) is 6.84. The second kappa shape index (κ2) is 11.0. The lowest BCUT2D eigenvalue weighted by Crippen LogP contribution is -2.44. The minimum Gasteiger partial charge on any atom is -0.493 e. The van der Waals surface area contributed by atoms with Crippen molar-refractivity contribution in [3.8, 4) is 11.5 Å². The Balaban J connectivity index is 1.74. The fourth-order valence-electron chi connectivity index (χ4n) is 2.24.